The zero-order valence-corrected chi connectivity index (χ0v) is 10.8. The summed E-state index contributed by atoms with van der Waals surface area (Å²) in [6, 6.07) is 13.0. The van der Waals surface area contributed by atoms with Gasteiger partial charge in [0.25, 0.3) is 0 Å². The summed E-state index contributed by atoms with van der Waals surface area (Å²) >= 11 is 0. The predicted octanol–water partition coefficient (Wildman–Crippen LogP) is 3.13. The Morgan fingerprint density at radius 1 is 1.16 bits per heavy atom. The Hall–Kier alpha value is -2.13. The van der Waals surface area contributed by atoms with Crippen LogP contribution >= 0.6 is 0 Å². The molecule has 0 heterocycles. The van der Waals surface area contributed by atoms with Crippen molar-refractivity contribution in [2.45, 2.75) is 13.3 Å². The second-order valence-corrected chi connectivity index (χ2v) is 4.38. The van der Waals surface area contributed by atoms with E-state index in [-0.39, 0.29) is 6.61 Å². The zero-order chi connectivity index (χ0) is 13.7. The molecule has 0 aliphatic carbocycles. The van der Waals surface area contributed by atoms with Gasteiger partial charge in [0.1, 0.15) is 11.5 Å². The van der Waals surface area contributed by atoms with Crippen molar-refractivity contribution in [2.24, 2.45) is 0 Å². The van der Waals surface area contributed by atoms with Gasteiger partial charge in [-0.25, -0.2) is 0 Å². The van der Waals surface area contributed by atoms with E-state index in [4.69, 9.17) is 9.84 Å². The monoisotopic (exact) mass is 256 g/mol. The molecule has 3 nitrogen and oxygen atoms in total. The summed E-state index contributed by atoms with van der Waals surface area (Å²) < 4.78 is 5.69. The molecule has 19 heavy (non-hydrogen) atoms. The van der Waals surface area contributed by atoms with Gasteiger partial charge in [0.05, 0.1) is 5.56 Å². The van der Waals surface area contributed by atoms with Gasteiger partial charge in [0, 0.05) is 6.61 Å². The average Bonchev–Trinajstić information content (AvgIpc) is 2.43. The van der Waals surface area contributed by atoms with Crippen LogP contribution in [-0.2, 0) is 6.42 Å². The first kappa shape index (κ1) is 13.3. The smallest absolute Gasteiger partial charge is 0.153 e. The largest absolute Gasteiger partial charge is 0.457 e. The third kappa shape index (κ3) is 3.42. The van der Waals surface area contributed by atoms with E-state index in [0.717, 1.165) is 17.4 Å². The molecule has 0 saturated heterocycles. The number of rotatable bonds is 5. The third-order valence-corrected chi connectivity index (χ3v) is 2.84. The summed E-state index contributed by atoms with van der Waals surface area (Å²) in [5, 5.41) is 8.85. The van der Waals surface area contributed by atoms with Crippen LogP contribution in [0.5, 0.6) is 11.5 Å². The molecule has 0 aliphatic rings. The van der Waals surface area contributed by atoms with Crippen LogP contribution in [0.4, 0.5) is 0 Å². The quantitative estimate of drug-likeness (QED) is 0.836. The molecule has 0 unspecified atom stereocenters. The Morgan fingerprint density at radius 2 is 1.89 bits per heavy atom. The summed E-state index contributed by atoms with van der Waals surface area (Å²) in [7, 11) is 0. The van der Waals surface area contributed by atoms with Crippen LogP contribution in [0, 0.1) is 6.92 Å². The number of aliphatic hydroxyl groups is 1. The van der Waals surface area contributed by atoms with E-state index >= 15 is 0 Å². The third-order valence-electron chi connectivity index (χ3n) is 2.84. The molecule has 98 valence electrons. The average molecular weight is 256 g/mol. The molecule has 2 rings (SSSR count). The normalized spacial score (nSPS) is 10.2. The van der Waals surface area contributed by atoms with Gasteiger partial charge in [0.15, 0.2) is 6.29 Å². The highest BCUT2D eigenvalue weighted by Gasteiger charge is 2.04. The molecule has 0 aliphatic heterocycles. The lowest BCUT2D eigenvalue weighted by Gasteiger charge is -2.09. The maximum Gasteiger partial charge on any atom is 0.153 e. The van der Waals surface area contributed by atoms with Crippen LogP contribution < -0.4 is 4.74 Å². The lowest BCUT2D eigenvalue weighted by Crippen LogP contribution is -1.93. The van der Waals surface area contributed by atoms with Crippen molar-refractivity contribution in [3.05, 3.63) is 59.2 Å². The van der Waals surface area contributed by atoms with Crippen LogP contribution in [0.25, 0.3) is 0 Å². The second kappa shape index (κ2) is 6.16. The number of aldehydes is 1. The van der Waals surface area contributed by atoms with Gasteiger partial charge in [-0.05, 0) is 43.2 Å². The van der Waals surface area contributed by atoms with Gasteiger partial charge in [-0.3, -0.25) is 4.79 Å². The molecule has 2 aromatic carbocycles. The van der Waals surface area contributed by atoms with Crippen molar-refractivity contribution in [1.29, 1.82) is 0 Å². The fraction of sp³-hybridized carbons (Fsp3) is 0.188. The van der Waals surface area contributed by atoms with Gasteiger partial charge in [-0.15, -0.1) is 0 Å². The minimum absolute atomic E-state index is 0.132. The highest BCUT2D eigenvalue weighted by Crippen LogP contribution is 2.25. The Bertz CT molecular complexity index is 559. The van der Waals surface area contributed by atoms with Crippen LogP contribution in [-0.4, -0.2) is 18.0 Å². The number of carbonyl (C=O) groups excluding carboxylic acids is 1. The first-order valence-electron chi connectivity index (χ1n) is 6.16. The fourth-order valence-corrected chi connectivity index (χ4v) is 1.83. The van der Waals surface area contributed by atoms with Crippen molar-refractivity contribution in [2.75, 3.05) is 6.61 Å². The molecule has 0 spiro atoms. The van der Waals surface area contributed by atoms with Crippen molar-refractivity contribution in [1.82, 2.24) is 0 Å². The minimum Gasteiger partial charge on any atom is -0.457 e. The maximum atomic E-state index is 11.0. The first-order chi connectivity index (χ1) is 9.22. The number of benzene rings is 2. The van der Waals surface area contributed by atoms with Gasteiger partial charge >= 0.3 is 0 Å². The molecule has 0 fully saturated rings. The number of hydrogen-bond donors (Lipinski definition) is 1. The lowest BCUT2D eigenvalue weighted by atomic mass is 10.1. The Morgan fingerprint density at radius 3 is 2.53 bits per heavy atom. The highest BCUT2D eigenvalue weighted by atomic mass is 16.5. The molecule has 0 radical (unpaired) electrons. The number of ether oxygens (including phenoxy) is 1. The summed E-state index contributed by atoms with van der Waals surface area (Å²) in [4.78, 5) is 11.0. The topological polar surface area (TPSA) is 46.5 Å². The molecule has 0 saturated carbocycles. The second-order valence-electron chi connectivity index (χ2n) is 4.38. The van der Waals surface area contributed by atoms with Crippen LogP contribution in [0.2, 0.25) is 0 Å². The summed E-state index contributed by atoms with van der Waals surface area (Å²) in [6.07, 6.45) is 1.42. The van der Waals surface area contributed by atoms with Crippen molar-refractivity contribution in [3.63, 3.8) is 0 Å². The maximum absolute atomic E-state index is 11.0. The standard InChI is InChI=1S/C16H16O3/c1-12-2-7-16(14(10-12)11-18)19-15-5-3-13(4-6-15)8-9-17/h2-7,10-11,17H,8-9H2,1H3. The molecular weight excluding hydrogens is 240 g/mol. The molecule has 0 amide bonds. The highest BCUT2D eigenvalue weighted by molar-refractivity contribution is 5.79. The van der Waals surface area contributed by atoms with Gasteiger partial charge in [-0.2, -0.15) is 0 Å². The van der Waals surface area contributed by atoms with E-state index in [1.807, 2.05) is 37.3 Å². The Labute approximate surface area is 112 Å². The number of aryl methyl sites for hydroxylation is 1. The molecule has 3 heteroatoms. The molecular formula is C16H16O3. The summed E-state index contributed by atoms with van der Waals surface area (Å²) in [5.74, 6) is 1.23. The molecule has 2 aromatic rings. The van der Waals surface area contributed by atoms with Crippen molar-refractivity contribution in [3.8, 4) is 11.5 Å². The molecule has 1 N–H and O–H groups in total. The first-order valence-corrected chi connectivity index (χ1v) is 6.16. The molecule has 0 aromatic heterocycles. The van der Waals surface area contributed by atoms with E-state index in [1.54, 1.807) is 12.1 Å². The van der Waals surface area contributed by atoms with Gasteiger partial charge in [0.2, 0.25) is 0 Å². The Balaban J connectivity index is 2.18. The van der Waals surface area contributed by atoms with Crippen LogP contribution in [0.1, 0.15) is 21.5 Å². The summed E-state index contributed by atoms with van der Waals surface area (Å²) in [6.45, 7) is 2.06. The molecule has 0 atom stereocenters. The van der Waals surface area contributed by atoms with E-state index in [9.17, 15) is 4.79 Å². The van der Waals surface area contributed by atoms with Gasteiger partial charge in [-0.1, -0.05) is 23.8 Å². The summed E-state index contributed by atoms with van der Waals surface area (Å²) in [5.41, 5.74) is 2.61. The van der Waals surface area contributed by atoms with E-state index < -0.39 is 0 Å². The van der Waals surface area contributed by atoms with Gasteiger partial charge < -0.3 is 9.84 Å². The SMILES string of the molecule is Cc1ccc(Oc2ccc(CCO)cc2)c(C=O)c1. The number of hydrogen-bond acceptors (Lipinski definition) is 3. The predicted molar refractivity (Wildman–Crippen MR) is 73.9 cm³/mol. The number of carbonyl (C=O) groups is 1. The van der Waals surface area contributed by atoms with E-state index in [1.165, 1.54) is 0 Å². The number of aliphatic hydroxyl groups excluding tert-OH is 1. The molecule has 0 bridgehead atoms. The van der Waals surface area contributed by atoms with Crippen LogP contribution in [0.3, 0.4) is 0 Å². The lowest BCUT2D eigenvalue weighted by molar-refractivity contribution is 0.112. The van der Waals surface area contributed by atoms with E-state index in [2.05, 4.69) is 0 Å². The van der Waals surface area contributed by atoms with E-state index in [0.29, 0.717) is 23.5 Å². The zero-order valence-electron chi connectivity index (χ0n) is 10.8. The van der Waals surface area contributed by atoms with Crippen molar-refractivity contribution >= 4 is 6.29 Å². The minimum atomic E-state index is 0.132. The Kier molecular flexibility index (Phi) is 4.31. The fourth-order valence-electron chi connectivity index (χ4n) is 1.83. The van der Waals surface area contributed by atoms with Crippen LogP contribution in [0.15, 0.2) is 42.5 Å². The van der Waals surface area contributed by atoms with Crippen molar-refractivity contribution < 1.29 is 14.6 Å².